The van der Waals surface area contributed by atoms with E-state index in [2.05, 4.69) is 60.0 Å². The van der Waals surface area contributed by atoms with E-state index in [4.69, 9.17) is 0 Å². The van der Waals surface area contributed by atoms with Gasteiger partial charge in [0.15, 0.2) is 0 Å². The highest BCUT2D eigenvalue weighted by atomic mass is 16.1. The van der Waals surface area contributed by atoms with Crippen LogP contribution >= 0.6 is 0 Å². The van der Waals surface area contributed by atoms with Crippen molar-refractivity contribution in [1.29, 1.82) is 0 Å². The van der Waals surface area contributed by atoms with Crippen molar-refractivity contribution >= 4 is 16.7 Å². The Morgan fingerprint density at radius 2 is 2.05 bits per heavy atom. The fraction of sp³-hybridized carbons (Fsp3) is 0.421. The number of fused-ring (bicyclic) bond motifs is 1. The van der Waals surface area contributed by atoms with Crippen molar-refractivity contribution in [2.75, 3.05) is 6.54 Å². The molecule has 1 amide bonds. The largest absolute Gasteiger partial charge is 0.352 e. The van der Waals surface area contributed by atoms with E-state index in [0.29, 0.717) is 12.5 Å². The Hall–Kier alpha value is -1.87. The van der Waals surface area contributed by atoms with E-state index < -0.39 is 0 Å². The third-order valence-electron chi connectivity index (χ3n) is 4.56. The predicted octanol–water partition coefficient (Wildman–Crippen LogP) is 3.03. The summed E-state index contributed by atoms with van der Waals surface area (Å²) < 4.78 is 0. The van der Waals surface area contributed by atoms with Crippen molar-refractivity contribution in [2.24, 2.45) is 0 Å². The SMILES string of the molecule is CC1NCCCC1NC(=O)CCc1ccc2ccccc2c1. The lowest BCUT2D eigenvalue weighted by Crippen LogP contribution is -2.51. The molecule has 0 bridgehead atoms. The zero-order valence-electron chi connectivity index (χ0n) is 13.1. The minimum absolute atomic E-state index is 0.161. The number of benzene rings is 2. The number of amides is 1. The summed E-state index contributed by atoms with van der Waals surface area (Å²) in [6.45, 7) is 3.21. The average Bonchev–Trinajstić information content (AvgIpc) is 2.55. The van der Waals surface area contributed by atoms with Gasteiger partial charge in [-0.2, -0.15) is 0 Å². The highest BCUT2D eigenvalue weighted by Gasteiger charge is 2.21. The first-order chi connectivity index (χ1) is 10.7. The molecule has 1 saturated heterocycles. The smallest absolute Gasteiger partial charge is 0.220 e. The van der Waals surface area contributed by atoms with Gasteiger partial charge >= 0.3 is 0 Å². The fourth-order valence-corrected chi connectivity index (χ4v) is 3.17. The molecule has 2 unspecified atom stereocenters. The lowest BCUT2D eigenvalue weighted by atomic mass is 9.99. The molecule has 22 heavy (non-hydrogen) atoms. The van der Waals surface area contributed by atoms with Crippen molar-refractivity contribution in [3.63, 3.8) is 0 Å². The molecular formula is C19H24N2O. The summed E-state index contributed by atoms with van der Waals surface area (Å²) in [5.41, 5.74) is 1.23. The predicted molar refractivity (Wildman–Crippen MR) is 90.9 cm³/mol. The summed E-state index contributed by atoms with van der Waals surface area (Å²) in [7, 11) is 0. The Morgan fingerprint density at radius 3 is 2.86 bits per heavy atom. The summed E-state index contributed by atoms with van der Waals surface area (Å²) in [4.78, 5) is 12.2. The summed E-state index contributed by atoms with van der Waals surface area (Å²) >= 11 is 0. The lowest BCUT2D eigenvalue weighted by Gasteiger charge is -2.30. The van der Waals surface area contributed by atoms with Crippen LogP contribution in [0.1, 0.15) is 31.7 Å². The number of carbonyl (C=O) groups is 1. The first-order valence-corrected chi connectivity index (χ1v) is 8.23. The van der Waals surface area contributed by atoms with Gasteiger partial charge in [0.25, 0.3) is 0 Å². The highest BCUT2D eigenvalue weighted by Crippen LogP contribution is 2.16. The summed E-state index contributed by atoms with van der Waals surface area (Å²) in [6, 6.07) is 15.4. The van der Waals surface area contributed by atoms with Gasteiger partial charge in [-0.3, -0.25) is 4.79 Å². The van der Waals surface area contributed by atoms with Crippen LogP contribution in [0, 0.1) is 0 Å². The molecular weight excluding hydrogens is 272 g/mol. The molecule has 1 aliphatic rings. The number of piperidine rings is 1. The Morgan fingerprint density at radius 1 is 1.23 bits per heavy atom. The van der Waals surface area contributed by atoms with Crippen LogP contribution in [0.5, 0.6) is 0 Å². The standard InChI is InChI=1S/C19H24N2O/c1-14-18(7-4-12-20-14)21-19(22)11-9-15-8-10-16-5-2-3-6-17(16)13-15/h2-3,5-6,8,10,13-14,18,20H,4,7,9,11-12H2,1H3,(H,21,22). The third kappa shape index (κ3) is 3.66. The molecule has 1 aliphatic heterocycles. The van der Waals surface area contributed by atoms with E-state index in [9.17, 15) is 4.79 Å². The van der Waals surface area contributed by atoms with E-state index in [-0.39, 0.29) is 11.9 Å². The molecule has 0 radical (unpaired) electrons. The van der Waals surface area contributed by atoms with Crippen LogP contribution in [0.2, 0.25) is 0 Å². The van der Waals surface area contributed by atoms with Gasteiger partial charge in [0.1, 0.15) is 0 Å². The third-order valence-corrected chi connectivity index (χ3v) is 4.56. The van der Waals surface area contributed by atoms with Gasteiger partial charge in [-0.1, -0.05) is 42.5 Å². The first kappa shape index (κ1) is 15.0. The molecule has 1 heterocycles. The number of nitrogens with one attached hydrogen (secondary N) is 2. The molecule has 2 aromatic rings. The van der Waals surface area contributed by atoms with Gasteiger partial charge in [-0.05, 0) is 49.1 Å². The quantitative estimate of drug-likeness (QED) is 0.910. The maximum Gasteiger partial charge on any atom is 0.220 e. The minimum atomic E-state index is 0.161. The summed E-state index contributed by atoms with van der Waals surface area (Å²) in [5, 5.41) is 9.08. The molecule has 1 fully saturated rings. The molecule has 0 aromatic heterocycles. The van der Waals surface area contributed by atoms with Gasteiger partial charge in [0.2, 0.25) is 5.91 Å². The van der Waals surface area contributed by atoms with E-state index in [1.54, 1.807) is 0 Å². The second-order valence-electron chi connectivity index (χ2n) is 6.24. The number of rotatable bonds is 4. The van der Waals surface area contributed by atoms with Crippen molar-refractivity contribution in [3.05, 3.63) is 48.0 Å². The number of hydrogen-bond donors (Lipinski definition) is 2. The molecule has 116 valence electrons. The van der Waals surface area contributed by atoms with Crippen LogP contribution in [0.25, 0.3) is 10.8 Å². The normalized spacial score (nSPS) is 21.7. The van der Waals surface area contributed by atoms with Gasteiger partial charge < -0.3 is 10.6 Å². The zero-order chi connectivity index (χ0) is 15.4. The molecule has 3 rings (SSSR count). The molecule has 0 saturated carbocycles. The van der Waals surface area contributed by atoms with Crippen LogP contribution in [-0.4, -0.2) is 24.5 Å². The number of carbonyl (C=O) groups excluding carboxylic acids is 1. The van der Waals surface area contributed by atoms with Gasteiger partial charge in [0, 0.05) is 18.5 Å². The van der Waals surface area contributed by atoms with E-state index in [1.165, 1.54) is 16.3 Å². The van der Waals surface area contributed by atoms with Crippen LogP contribution in [-0.2, 0) is 11.2 Å². The molecule has 3 heteroatoms. The van der Waals surface area contributed by atoms with Gasteiger partial charge in [-0.15, -0.1) is 0 Å². The summed E-state index contributed by atoms with van der Waals surface area (Å²) in [5.74, 6) is 0.161. The van der Waals surface area contributed by atoms with Crippen molar-refractivity contribution in [3.8, 4) is 0 Å². The Balaban J connectivity index is 1.55. The van der Waals surface area contributed by atoms with Crippen LogP contribution < -0.4 is 10.6 Å². The van der Waals surface area contributed by atoms with E-state index in [1.807, 2.05) is 0 Å². The maximum atomic E-state index is 12.2. The highest BCUT2D eigenvalue weighted by molar-refractivity contribution is 5.83. The molecule has 3 nitrogen and oxygen atoms in total. The van der Waals surface area contributed by atoms with Crippen LogP contribution in [0.4, 0.5) is 0 Å². The van der Waals surface area contributed by atoms with Crippen molar-refractivity contribution in [2.45, 2.75) is 44.7 Å². The number of hydrogen-bond acceptors (Lipinski definition) is 2. The molecule has 0 aliphatic carbocycles. The van der Waals surface area contributed by atoms with Crippen LogP contribution in [0.15, 0.2) is 42.5 Å². The second kappa shape index (κ2) is 6.93. The fourth-order valence-electron chi connectivity index (χ4n) is 3.17. The zero-order valence-corrected chi connectivity index (χ0v) is 13.1. The second-order valence-corrected chi connectivity index (χ2v) is 6.24. The van der Waals surface area contributed by atoms with E-state index >= 15 is 0 Å². The molecule has 2 aromatic carbocycles. The summed E-state index contributed by atoms with van der Waals surface area (Å²) in [6.07, 6.45) is 3.57. The Kier molecular flexibility index (Phi) is 4.74. The monoisotopic (exact) mass is 296 g/mol. The molecule has 0 spiro atoms. The Labute approximate surface area is 132 Å². The Bertz CT molecular complexity index is 653. The van der Waals surface area contributed by atoms with Crippen molar-refractivity contribution < 1.29 is 4.79 Å². The average molecular weight is 296 g/mol. The first-order valence-electron chi connectivity index (χ1n) is 8.23. The molecule has 2 N–H and O–H groups in total. The van der Waals surface area contributed by atoms with Gasteiger partial charge in [-0.25, -0.2) is 0 Å². The maximum absolute atomic E-state index is 12.2. The van der Waals surface area contributed by atoms with Gasteiger partial charge in [0.05, 0.1) is 0 Å². The lowest BCUT2D eigenvalue weighted by molar-refractivity contribution is -0.122. The molecule has 2 atom stereocenters. The topological polar surface area (TPSA) is 41.1 Å². The van der Waals surface area contributed by atoms with E-state index in [0.717, 1.165) is 25.8 Å². The minimum Gasteiger partial charge on any atom is -0.352 e. The van der Waals surface area contributed by atoms with Crippen LogP contribution in [0.3, 0.4) is 0 Å². The van der Waals surface area contributed by atoms with Crippen molar-refractivity contribution in [1.82, 2.24) is 10.6 Å². The number of aryl methyl sites for hydroxylation is 1.